The number of aromatic nitrogens is 2. The lowest BCUT2D eigenvalue weighted by molar-refractivity contribution is -0.122. The Labute approximate surface area is 158 Å². The Morgan fingerprint density at radius 3 is 2.93 bits per heavy atom. The first-order valence-corrected chi connectivity index (χ1v) is 9.60. The van der Waals surface area contributed by atoms with Gasteiger partial charge in [0.05, 0.1) is 17.8 Å². The standard InChI is InChI=1S/C19H18FN3O3S/c20-13-5-3-12(4-6-13)15-10-27-18-17(15)19(25)23(11-22-18)9-16(24)21-8-14-2-1-7-26-14/h3-6,10-11,14H,1-2,7-9H2,(H,21,24). The Kier molecular flexibility index (Phi) is 5.00. The number of amides is 1. The fourth-order valence-corrected chi connectivity index (χ4v) is 4.07. The molecule has 1 saturated heterocycles. The molecule has 2 aromatic heterocycles. The van der Waals surface area contributed by atoms with E-state index in [9.17, 15) is 14.0 Å². The third-order valence-electron chi connectivity index (χ3n) is 4.58. The Bertz CT molecular complexity index is 1020. The molecule has 6 nitrogen and oxygen atoms in total. The summed E-state index contributed by atoms with van der Waals surface area (Å²) in [5.74, 6) is -0.593. The molecule has 3 heterocycles. The van der Waals surface area contributed by atoms with Crippen LogP contribution in [0.5, 0.6) is 0 Å². The van der Waals surface area contributed by atoms with E-state index < -0.39 is 0 Å². The van der Waals surface area contributed by atoms with Crippen LogP contribution in [0, 0.1) is 5.82 Å². The number of halogens is 1. The van der Waals surface area contributed by atoms with Crippen LogP contribution in [0.2, 0.25) is 0 Å². The van der Waals surface area contributed by atoms with Crippen LogP contribution in [0.15, 0.2) is 40.8 Å². The van der Waals surface area contributed by atoms with Crippen molar-refractivity contribution in [3.63, 3.8) is 0 Å². The lowest BCUT2D eigenvalue weighted by Crippen LogP contribution is -2.36. The van der Waals surface area contributed by atoms with Crippen LogP contribution in [-0.2, 0) is 16.1 Å². The zero-order valence-corrected chi connectivity index (χ0v) is 15.3. The van der Waals surface area contributed by atoms with Gasteiger partial charge in [-0.25, -0.2) is 9.37 Å². The zero-order valence-electron chi connectivity index (χ0n) is 14.5. The maximum absolute atomic E-state index is 13.2. The number of carbonyl (C=O) groups excluding carboxylic acids is 1. The molecule has 1 aromatic carbocycles. The van der Waals surface area contributed by atoms with Crippen LogP contribution in [0.4, 0.5) is 4.39 Å². The van der Waals surface area contributed by atoms with Crippen LogP contribution < -0.4 is 10.9 Å². The van der Waals surface area contributed by atoms with E-state index in [2.05, 4.69) is 10.3 Å². The quantitative estimate of drug-likeness (QED) is 0.730. The van der Waals surface area contributed by atoms with E-state index in [1.807, 2.05) is 5.38 Å². The molecule has 4 rings (SSSR count). The first kappa shape index (κ1) is 17.8. The van der Waals surface area contributed by atoms with Gasteiger partial charge in [0.2, 0.25) is 5.91 Å². The van der Waals surface area contributed by atoms with Crippen molar-refractivity contribution < 1.29 is 13.9 Å². The molecule has 0 bridgehead atoms. The highest BCUT2D eigenvalue weighted by Gasteiger charge is 2.18. The number of fused-ring (bicyclic) bond motifs is 1. The molecule has 1 fully saturated rings. The number of thiophene rings is 1. The second kappa shape index (κ2) is 7.58. The molecule has 0 radical (unpaired) electrons. The summed E-state index contributed by atoms with van der Waals surface area (Å²) in [6, 6.07) is 5.96. The minimum Gasteiger partial charge on any atom is -0.376 e. The third kappa shape index (κ3) is 3.77. The summed E-state index contributed by atoms with van der Waals surface area (Å²) >= 11 is 1.35. The molecule has 1 amide bonds. The van der Waals surface area contributed by atoms with Gasteiger partial charge in [-0.15, -0.1) is 11.3 Å². The van der Waals surface area contributed by atoms with Crippen molar-refractivity contribution >= 4 is 27.5 Å². The minimum atomic E-state index is -0.336. The molecule has 1 unspecified atom stereocenters. The summed E-state index contributed by atoms with van der Waals surface area (Å²) in [7, 11) is 0. The molecule has 1 aliphatic heterocycles. The van der Waals surface area contributed by atoms with Gasteiger partial charge in [0.1, 0.15) is 17.2 Å². The van der Waals surface area contributed by atoms with Crippen LogP contribution in [0.25, 0.3) is 21.3 Å². The molecule has 0 spiro atoms. The molecular formula is C19H18FN3O3S. The highest BCUT2D eigenvalue weighted by atomic mass is 32.1. The smallest absolute Gasteiger partial charge is 0.263 e. The van der Waals surface area contributed by atoms with Gasteiger partial charge in [-0.1, -0.05) is 12.1 Å². The molecule has 8 heteroatoms. The van der Waals surface area contributed by atoms with Crippen LogP contribution in [0.1, 0.15) is 12.8 Å². The highest BCUT2D eigenvalue weighted by molar-refractivity contribution is 7.17. The van der Waals surface area contributed by atoms with E-state index in [0.29, 0.717) is 22.3 Å². The number of nitrogens with zero attached hydrogens (tertiary/aromatic N) is 2. The number of hydrogen-bond donors (Lipinski definition) is 1. The van der Waals surface area contributed by atoms with Crippen molar-refractivity contribution in [3.05, 3.63) is 52.1 Å². The molecule has 27 heavy (non-hydrogen) atoms. The number of rotatable bonds is 5. The molecule has 1 atom stereocenters. The van der Waals surface area contributed by atoms with Crippen molar-refractivity contribution in [2.75, 3.05) is 13.2 Å². The first-order valence-electron chi connectivity index (χ1n) is 8.72. The first-order chi connectivity index (χ1) is 13.1. The average molecular weight is 387 g/mol. The molecule has 140 valence electrons. The fourth-order valence-electron chi connectivity index (χ4n) is 3.17. The van der Waals surface area contributed by atoms with Gasteiger partial charge in [-0.2, -0.15) is 0 Å². The van der Waals surface area contributed by atoms with Gasteiger partial charge < -0.3 is 10.1 Å². The summed E-state index contributed by atoms with van der Waals surface area (Å²) in [5, 5.41) is 5.08. The molecule has 0 aliphatic carbocycles. The predicted molar refractivity (Wildman–Crippen MR) is 101 cm³/mol. The van der Waals surface area contributed by atoms with Crippen LogP contribution in [-0.4, -0.2) is 34.7 Å². The van der Waals surface area contributed by atoms with E-state index in [0.717, 1.165) is 25.0 Å². The molecule has 3 aromatic rings. The molecular weight excluding hydrogens is 369 g/mol. The van der Waals surface area contributed by atoms with Crippen molar-refractivity contribution in [1.29, 1.82) is 0 Å². The number of ether oxygens (including phenoxy) is 1. The van der Waals surface area contributed by atoms with E-state index in [1.54, 1.807) is 12.1 Å². The van der Waals surface area contributed by atoms with Crippen molar-refractivity contribution in [3.8, 4) is 11.1 Å². The van der Waals surface area contributed by atoms with Gasteiger partial charge >= 0.3 is 0 Å². The molecule has 1 aliphatic rings. The van der Waals surface area contributed by atoms with Crippen LogP contribution in [0.3, 0.4) is 0 Å². The minimum absolute atomic E-state index is 0.0493. The zero-order chi connectivity index (χ0) is 18.8. The van der Waals surface area contributed by atoms with Gasteiger partial charge in [0, 0.05) is 24.1 Å². The number of nitrogens with one attached hydrogen (secondary N) is 1. The molecule has 1 N–H and O–H groups in total. The van der Waals surface area contributed by atoms with Crippen molar-refractivity contribution in [1.82, 2.24) is 14.9 Å². The lowest BCUT2D eigenvalue weighted by atomic mass is 10.1. The number of carbonyl (C=O) groups is 1. The number of hydrogen-bond acceptors (Lipinski definition) is 5. The summed E-state index contributed by atoms with van der Waals surface area (Å²) in [5.41, 5.74) is 1.15. The third-order valence-corrected chi connectivity index (χ3v) is 5.47. The fraction of sp³-hybridized carbons (Fsp3) is 0.316. The summed E-state index contributed by atoms with van der Waals surface area (Å²) in [4.78, 5) is 30.0. The molecule has 0 saturated carbocycles. The largest absolute Gasteiger partial charge is 0.376 e. The normalized spacial score (nSPS) is 16.7. The van der Waals surface area contributed by atoms with Crippen molar-refractivity contribution in [2.45, 2.75) is 25.5 Å². The number of benzene rings is 1. The summed E-state index contributed by atoms with van der Waals surface area (Å²) in [6.45, 7) is 1.07. The van der Waals surface area contributed by atoms with E-state index >= 15 is 0 Å². The lowest BCUT2D eigenvalue weighted by Gasteiger charge is -2.11. The Morgan fingerprint density at radius 1 is 1.37 bits per heavy atom. The maximum atomic E-state index is 13.2. The van der Waals surface area contributed by atoms with Gasteiger partial charge in [-0.05, 0) is 30.5 Å². The predicted octanol–water partition coefficient (Wildman–Crippen LogP) is 2.56. The average Bonchev–Trinajstić information content (AvgIpc) is 3.33. The van der Waals surface area contributed by atoms with Gasteiger partial charge in [-0.3, -0.25) is 14.2 Å². The Balaban J connectivity index is 1.57. The highest BCUT2D eigenvalue weighted by Crippen LogP contribution is 2.30. The summed E-state index contributed by atoms with van der Waals surface area (Å²) < 4.78 is 20.0. The monoisotopic (exact) mass is 387 g/mol. The van der Waals surface area contributed by atoms with E-state index in [4.69, 9.17) is 4.74 Å². The SMILES string of the molecule is O=C(Cn1cnc2scc(-c3ccc(F)cc3)c2c1=O)NCC1CCCO1. The van der Waals surface area contributed by atoms with Crippen molar-refractivity contribution in [2.24, 2.45) is 0 Å². The van der Waals surface area contributed by atoms with Gasteiger partial charge in [0.25, 0.3) is 5.56 Å². The van der Waals surface area contributed by atoms with Gasteiger partial charge in [0.15, 0.2) is 0 Å². The summed E-state index contributed by atoms with van der Waals surface area (Å²) in [6.07, 6.45) is 3.38. The Morgan fingerprint density at radius 2 is 2.19 bits per heavy atom. The Hall–Kier alpha value is -2.58. The maximum Gasteiger partial charge on any atom is 0.263 e. The second-order valence-corrected chi connectivity index (χ2v) is 7.31. The second-order valence-electron chi connectivity index (χ2n) is 6.45. The van der Waals surface area contributed by atoms with Crippen LogP contribution >= 0.6 is 11.3 Å². The van der Waals surface area contributed by atoms with E-state index in [1.165, 1.54) is 34.4 Å². The van der Waals surface area contributed by atoms with E-state index in [-0.39, 0.29) is 29.9 Å². The topological polar surface area (TPSA) is 73.2 Å².